The number of benzene rings is 1. The van der Waals surface area contributed by atoms with Crippen molar-refractivity contribution in [3.8, 4) is 0 Å². The van der Waals surface area contributed by atoms with Crippen LogP contribution in [-0.2, 0) is 13.6 Å². The van der Waals surface area contributed by atoms with Crippen molar-refractivity contribution in [1.29, 1.82) is 0 Å². The molecular formula is C14H19BrN4. The average Bonchev–Trinajstić information content (AvgIpc) is 2.74. The summed E-state index contributed by atoms with van der Waals surface area (Å²) in [5.41, 5.74) is 9.35. The summed E-state index contributed by atoms with van der Waals surface area (Å²) in [4.78, 5) is 2.19. The second-order valence-corrected chi connectivity index (χ2v) is 5.73. The first-order chi connectivity index (χ1) is 8.97. The molecule has 0 amide bonds. The minimum Gasteiger partial charge on any atom is -0.369 e. The second-order valence-electron chi connectivity index (χ2n) is 4.88. The van der Waals surface area contributed by atoms with E-state index in [9.17, 15) is 0 Å². The highest BCUT2D eigenvalue weighted by atomic mass is 79.9. The summed E-state index contributed by atoms with van der Waals surface area (Å²) >= 11 is 3.62. The van der Waals surface area contributed by atoms with E-state index >= 15 is 0 Å². The zero-order chi connectivity index (χ0) is 14.0. The number of nitrogens with two attached hydrogens (primary N) is 1. The summed E-state index contributed by atoms with van der Waals surface area (Å²) in [6, 6.07) is 6.30. The molecule has 0 saturated heterocycles. The van der Waals surface area contributed by atoms with E-state index in [0.29, 0.717) is 0 Å². The molecule has 1 aromatic carbocycles. The Hall–Kier alpha value is -1.33. The smallest absolute Gasteiger partial charge is 0.0539 e. The van der Waals surface area contributed by atoms with Crippen LogP contribution in [0.3, 0.4) is 0 Å². The molecule has 0 aliphatic heterocycles. The Morgan fingerprint density at radius 3 is 2.74 bits per heavy atom. The standard InChI is InChI=1S/C14H19BrN4/c1-10(16)12-4-5-14(13(15)6-12)18(2)8-11-7-17-19(3)9-11/h4-7,9-10H,8,16H2,1-3H3/t10-/m0/s1. The summed E-state index contributed by atoms with van der Waals surface area (Å²) in [6.07, 6.45) is 3.92. The van der Waals surface area contributed by atoms with E-state index < -0.39 is 0 Å². The lowest BCUT2D eigenvalue weighted by molar-refractivity contribution is 0.766. The molecule has 5 heteroatoms. The van der Waals surface area contributed by atoms with Crippen molar-refractivity contribution >= 4 is 21.6 Å². The van der Waals surface area contributed by atoms with Crippen LogP contribution in [0.25, 0.3) is 0 Å². The third-order valence-electron chi connectivity index (χ3n) is 3.09. The first kappa shape index (κ1) is 14.1. The molecular weight excluding hydrogens is 304 g/mol. The summed E-state index contributed by atoms with van der Waals surface area (Å²) < 4.78 is 2.88. The molecule has 1 heterocycles. The third kappa shape index (κ3) is 3.36. The van der Waals surface area contributed by atoms with Crippen LogP contribution >= 0.6 is 15.9 Å². The van der Waals surface area contributed by atoms with Gasteiger partial charge in [-0.25, -0.2) is 0 Å². The van der Waals surface area contributed by atoms with Gasteiger partial charge < -0.3 is 10.6 Å². The molecule has 2 N–H and O–H groups in total. The van der Waals surface area contributed by atoms with Crippen molar-refractivity contribution in [2.24, 2.45) is 12.8 Å². The molecule has 2 rings (SSSR count). The van der Waals surface area contributed by atoms with E-state index in [-0.39, 0.29) is 6.04 Å². The van der Waals surface area contributed by atoms with Gasteiger partial charge in [0.05, 0.1) is 11.9 Å². The van der Waals surface area contributed by atoms with Gasteiger partial charge in [0.2, 0.25) is 0 Å². The van der Waals surface area contributed by atoms with Crippen LogP contribution in [0.2, 0.25) is 0 Å². The molecule has 102 valence electrons. The summed E-state index contributed by atoms with van der Waals surface area (Å²) in [7, 11) is 4.00. The molecule has 0 aliphatic rings. The Morgan fingerprint density at radius 1 is 1.47 bits per heavy atom. The fourth-order valence-electron chi connectivity index (χ4n) is 2.03. The van der Waals surface area contributed by atoms with Gasteiger partial charge in [0, 0.05) is 42.9 Å². The van der Waals surface area contributed by atoms with Crippen molar-refractivity contribution in [2.75, 3.05) is 11.9 Å². The molecule has 0 bridgehead atoms. The van der Waals surface area contributed by atoms with Crippen LogP contribution in [0.4, 0.5) is 5.69 Å². The summed E-state index contributed by atoms with van der Waals surface area (Å²) in [5, 5.41) is 4.18. The van der Waals surface area contributed by atoms with Crippen LogP contribution in [-0.4, -0.2) is 16.8 Å². The minimum atomic E-state index is 0.0500. The van der Waals surface area contributed by atoms with Crippen LogP contribution in [0.5, 0.6) is 0 Å². The largest absolute Gasteiger partial charge is 0.369 e. The summed E-state index contributed by atoms with van der Waals surface area (Å²) in [5.74, 6) is 0. The van der Waals surface area contributed by atoms with Gasteiger partial charge in [-0.3, -0.25) is 4.68 Å². The Labute approximate surface area is 122 Å². The lowest BCUT2D eigenvalue weighted by atomic mass is 10.1. The predicted molar refractivity (Wildman–Crippen MR) is 82.1 cm³/mol. The highest BCUT2D eigenvalue weighted by molar-refractivity contribution is 9.10. The minimum absolute atomic E-state index is 0.0500. The van der Waals surface area contributed by atoms with Gasteiger partial charge in [-0.05, 0) is 40.5 Å². The molecule has 2 aromatic rings. The van der Waals surface area contributed by atoms with Crippen molar-refractivity contribution in [2.45, 2.75) is 19.5 Å². The zero-order valence-corrected chi connectivity index (χ0v) is 13.1. The fourth-order valence-corrected chi connectivity index (χ4v) is 2.73. The first-order valence-electron chi connectivity index (χ1n) is 6.21. The molecule has 0 fully saturated rings. The van der Waals surface area contributed by atoms with Gasteiger partial charge in [0.25, 0.3) is 0 Å². The summed E-state index contributed by atoms with van der Waals surface area (Å²) in [6.45, 7) is 2.81. The molecule has 0 spiro atoms. The quantitative estimate of drug-likeness (QED) is 0.941. The number of halogens is 1. The Balaban J connectivity index is 2.17. The molecule has 0 radical (unpaired) electrons. The first-order valence-corrected chi connectivity index (χ1v) is 7.00. The highest BCUT2D eigenvalue weighted by Crippen LogP contribution is 2.29. The van der Waals surface area contributed by atoms with E-state index in [2.05, 4.69) is 51.2 Å². The van der Waals surface area contributed by atoms with E-state index in [0.717, 1.165) is 22.3 Å². The fraction of sp³-hybridized carbons (Fsp3) is 0.357. The SMILES string of the molecule is C[C@H](N)c1ccc(N(C)Cc2cnn(C)c2)c(Br)c1. The number of hydrogen-bond acceptors (Lipinski definition) is 3. The number of rotatable bonds is 4. The normalized spacial score (nSPS) is 12.5. The second kappa shape index (κ2) is 5.75. The van der Waals surface area contributed by atoms with Crippen molar-refractivity contribution in [1.82, 2.24) is 9.78 Å². The maximum absolute atomic E-state index is 5.89. The number of hydrogen-bond donors (Lipinski definition) is 1. The van der Waals surface area contributed by atoms with Gasteiger partial charge >= 0.3 is 0 Å². The van der Waals surface area contributed by atoms with Crippen molar-refractivity contribution < 1.29 is 0 Å². The topological polar surface area (TPSA) is 47.1 Å². The molecule has 1 aromatic heterocycles. The maximum atomic E-state index is 5.89. The molecule has 4 nitrogen and oxygen atoms in total. The van der Waals surface area contributed by atoms with Crippen molar-refractivity contribution in [3.63, 3.8) is 0 Å². The van der Waals surface area contributed by atoms with E-state index in [1.165, 1.54) is 5.56 Å². The van der Waals surface area contributed by atoms with Crippen LogP contribution in [0.1, 0.15) is 24.1 Å². The number of aryl methyl sites for hydroxylation is 1. The van der Waals surface area contributed by atoms with E-state index in [1.807, 2.05) is 31.0 Å². The van der Waals surface area contributed by atoms with Gasteiger partial charge in [-0.2, -0.15) is 5.10 Å². The van der Waals surface area contributed by atoms with Crippen LogP contribution in [0.15, 0.2) is 35.1 Å². The molecule has 0 saturated carbocycles. The predicted octanol–water partition coefficient (Wildman–Crippen LogP) is 2.84. The number of anilines is 1. The third-order valence-corrected chi connectivity index (χ3v) is 3.72. The van der Waals surface area contributed by atoms with Crippen LogP contribution in [0, 0.1) is 0 Å². The van der Waals surface area contributed by atoms with Gasteiger partial charge in [0.15, 0.2) is 0 Å². The van der Waals surface area contributed by atoms with E-state index in [1.54, 1.807) is 0 Å². The Morgan fingerprint density at radius 2 is 2.21 bits per heavy atom. The lowest BCUT2D eigenvalue weighted by Gasteiger charge is -2.21. The van der Waals surface area contributed by atoms with E-state index in [4.69, 9.17) is 5.73 Å². The Bertz CT molecular complexity index is 562. The van der Waals surface area contributed by atoms with Crippen molar-refractivity contribution in [3.05, 3.63) is 46.2 Å². The monoisotopic (exact) mass is 322 g/mol. The van der Waals surface area contributed by atoms with Crippen LogP contribution < -0.4 is 10.6 Å². The number of nitrogens with zero attached hydrogens (tertiary/aromatic N) is 3. The highest BCUT2D eigenvalue weighted by Gasteiger charge is 2.09. The van der Waals surface area contributed by atoms with Gasteiger partial charge in [-0.1, -0.05) is 6.07 Å². The molecule has 0 aliphatic carbocycles. The zero-order valence-electron chi connectivity index (χ0n) is 11.5. The average molecular weight is 323 g/mol. The van der Waals surface area contributed by atoms with Gasteiger partial charge in [0.1, 0.15) is 0 Å². The molecule has 0 unspecified atom stereocenters. The lowest BCUT2D eigenvalue weighted by Crippen LogP contribution is -2.17. The van der Waals surface area contributed by atoms with Gasteiger partial charge in [-0.15, -0.1) is 0 Å². The molecule has 1 atom stereocenters. The Kier molecular flexibility index (Phi) is 4.27. The molecule has 19 heavy (non-hydrogen) atoms. The maximum Gasteiger partial charge on any atom is 0.0539 e. The number of aromatic nitrogens is 2.